The molecule has 0 atom stereocenters. The predicted molar refractivity (Wildman–Crippen MR) is 74.9 cm³/mol. The summed E-state index contributed by atoms with van der Waals surface area (Å²) in [4.78, 5) is 0. The minimum Gasteiger partial charge on any atom is -0.497 e. The molecule has 0 aliphatic heterocycles. The van der Waals surface area contributed by atoms with Crippen LogP contribution >= 0.6 is 0 Å². The maximum absolute atomic E-state index is 5.26. The number of azo groups is 1. The maximum atomic E-state index is 5.26. The molecule has 0 fully saturated rings. The van der Waals surface area contributed by atoms with Crippen LogP contribution in [-0.4, -0.2) is 14.2 Å². The van der Waals surface area contributed by atoms with Crippen LogP contribution in [0.3, 0.4) is 0 Å². The molecular formula is C15H16N2O2. The van der Waals surface area contributed by atoms with Crippen LogP contribution < -0.4 is 9.47 Å². The minimum atomic E-state index is 0.634. The first kappa shape index (κ1) is 13.1. The van der Waals surface area contributed by atoms with Gasteiger partial charge in [-0.3, -0.25) is 0 Å². The van der Waals surface area contributed by atoms with Gasteiger partial charge in [-0.05, 0) is 31.2 Å². The third-order valence-corrected chi connectivity index (χ3v) is 2.69. The number of rotatable bonds is 4. The van der Waals surface area contributed by atoms with E-state index in [1.165, 1.54) is 5.56 Å². The molecule has 0 amide bonds. The topological polar surface area (TPSA) is 43.2 Å². The van der Waals surface area contributed by atoms with E-state index in [2.05, 4.69) is 10.2 Å². The second-order valence-electron chi connectivity index (χ2n) is 4.07. The first-order valence-electron chi connectivity index (χ1n) is 5.93. The highest BCUT2D eigenvalue weighted by atomic mass is 16.5. The Kier molecular flexibility index (Phi) is 4.13. The second-order valence-corrected chi connectivity index (χ2v) is 4.07. The van der Waals surface area contributed by atoms with Gasteiger partial charge < -0.3 is 9.47 Å². The third kappa shape index (κ3) is 3.31. The lowest BCUT2D eigenvalue weighted by Gasteiger charge is -2.05. The van der Waals surface area contributed by atoms with Crippen molar-refractivity contribution in [2.24, 2.45) is 10.2 Å². The summed E-state index contributed by atoms with van der Waals surface area (Å²) in [6.45, 7) is 2.04. The highest BCUT2D eigenvalue weighted by Crippen LogP contribution is 2.32. The molecule has 2 rings (SSSR count). The summed E-state index contributed by atoms with van der Waals surface area (Å²) < 4.78 is 10.4. The zero-order chi connectivity index (χ0) is 13.7. The van der Waals surface area contributed by atoms with Crippen molar-refractivity contribution >= 4 is 11.4 Å². The van der Waals surface area contributed by atoms with E-state index in [0.29, 0.717) is 11.4 Å². The largest absolute Gasteiger partial charge is 0.497 e. The fourth-order valence-corrected chi connectivity index (χ4v) is 1.59. The summed E-state index contributed by atoms with van der Waals surface area (Å²) in [6.07, 6.45) is 0. The lowest BCUT2D eigenvalue weighted by molar-refractivity contribution is 0.395. The van der Waals surface area contributed by atoms with Crippen molar-refractivity contribution in [3.63, 3.8) is 0 Å². The number of hydrogen-bond donors (Lipinski definition) is 0. The van der Waals surface area contributed by atoms with Gasteiger partial charge in [-0.2, -0.15) is 5.11 Å². The summed E-state index contributed by atoms with van der Waals surface area (Å²) in [5, 5.41) is 8.38. The summed E-state index contributed by atoms with van der Waals surface area (Å²) in [5.41, 5.74) is 2.67. The molecule has 0 unspecified atom stereocenters. The van der Waals surface area contributed by atoms with Gasteiger partial charge in [-0.1, -0.05) is 17.7 Å². The van der Waals surface area contributed by atoms with Gasteiger partial charge in [0.2, 0.25) is 0 Å². The Labute approximate surface area is 112 Å². The number of hydrogen-bond acceptors (Lipinski definition) is 4. The summed E-state index contributed by atoms with van der Waals surface area (Å²) in [6, 6.07) is 13.3. The van der Waals surface area contributed by atoms with Crippen LogP contribution in [-0.2, 0) is 0 Å². The van der Waals surface area contributed by atoms with Gasteiger partial charge in [0.05, 0.1) is 19.9 Å². The Morgan fingerprint density at radius 3 is 2.21 bits per heavy atom. The molecule has 2 aromatic carbocycles. The van der Waals surface area contributed by atoms with E-state index in [4.69, 9.17) is 9.47 Å². The molecule has 0 aromatic heterocycles. The number of ether oxygens (including phenoxy) is 2. The van der Waals surface area contributed by atoms with Gasteiger partial charge in [-0.15, -0.1) is 5.11 Å². The van der Waals surface area contributed by atoms with Crippen LogP contribution in [0.4, 0.5) is 11.4 Å². The lowest BCUT2D eigenvalue weighted by Crippen LogP contribution is -1.86. The summed E-state index contributed by atoms with van der Waals surface area (Å²) in [5.74, 6) is 1.36. The molecule has 0 radical (unpaired) electrons. The number of nitrogens with zero attached hydrogens (tertiary/aromatic N) is 2. The van der Waals surface area contributed by atoms with E-state index >= 15 is 0 Å². The Bertz CT molecular complexity index is 577. The van der Waals surface area contributed by atoms with Crippen LogP contribution in [0, 0.1) is 6.92 Å². The fourth-order valence-electron chi connectivity index (χ4n) is 1.59. The van der Waals surface area contributed by atoms with Crippen LogP contribution in [0.2, 0.25) is 0 Å². The smallest absolute Gasteiger partial charge is 0.150 e. The first-order chi connectivity index (χ1) is 9.22. The highest BCUT2D eigenvalue weighted by molar-refractivity contribution is 5.55. The molecule has 0 saturated heterocycles. The van der Waals surface area contributed by atoms with Gasteiger partial charge in [0.15, 0.2) is 0 Å². The molecule has 0 aliphatic rings. The summed E-state index contributed by atoms with van der Waals surface area (Å²) in [7, 11) is 3.21. The van der Waals surface area contributed by atoms with E-state index in [1.807, 2.05) is 43.3 Å². The Morgan fingerprint density at radius 2 is 1.58 bits per heavy atom. The van der Waals surface area contributed by atoms with Crippen molar-refractivity contribution in [2.45, 2.75) is 6.92 Å². The maximum Gasteiger partial charge on any atom is 0.150 e. The van der Waals surface area contributed by atoms with Crippen molar-refractivity contribution in [3.05, 3.63) is 48.0 Å². The molecule has 98 valence electrons. The molecule has 0 bridgehead atoms. The SMILES string of the molecule is COc1ccc(N=Nc2ccc(C)cc2)c(OC)c1. The second kappa shape index (κ2) is 6.00. The van der Waals surface area contributed by atoms with Crippen LogP contribution in [0.5, 0.6) is 11.5 Å². The number of benzene rings is 2. The van der Waals surface area contributed by atoms with E-state index in [9.17, 15) is 0 Å². The van der Waals surface area contributed by atoms with Gasteiger partial charge >= 0.3 is 0 Å². The van der Waals surface area contributed by atoms with Gasteiger partial charge in [0.1, 0.15) is 17.2 Å². The van der Waals surface area contributed by atoms with E-state index in [1.54, 1.807) is 20.3 Å². The molecule has 4 heteroatoms. The van der Waals surface area contributed by atoms with Crippen molar-refractivity contribution in [2.75, 3.05) is 14.2 Å². The van der Waals surface area contributed by atoms with Gasteiger partial charge in [-0.25, -0.2) is 0 Å². The van der Waals surface area contributed by atoms with E-state index < -0.39 is 0 Å². The molecule has 0 saturated carbocycles. The third-order valence-electron chi connectivity index (χ3n) is 2.69. The van der Waals surface area contributed by atoms with Gasteiger partial charge in [0, 0.05) is 6.07 Å². The van der Waals surface area contributed by atoms with E-state index in [-0.39, 0.29) is 0 Å². The molecule has 0 aliphatic carbocycles. The lowest BCUT2D eigenvalue weighted by atomic mass is 10.2. The minimum absolute atomic E-state index is 0.634. The van der Waals surface area contributed by atoms with Crippen molar-refractivity contribution in [3.8, 4) is 11.5 Å². The predicted octanol–water partition coefficient (Wildman–Crippen LogP) is 4.43. The average Bonchev–Trinajstić information content (AvgIpc) is 2.46. The fraction of sp³-hybridized carbons (Fsp3) is 0.200. The van der Waals surface area contributed by atoms with E-state index in [0.717, 1.165) is 11.4 Å². The first-order valence-corrected chi connectivity index (χ1v) is 5.93. The molecule has 19 heavy (non-hydrogen) atoms. The van der Waals surface area contributed by atoms with Crippen LogP contribution in [0.15, 0.2) is 52.7 Å². The normalized spacial score (nSPS) is 10.7. The van der Waals surface area contributed by atoms with Crippen molar-refractivity contribution < 1.29 is 9.47 Å². The van der Waals surface area contributed by atoms with Crippen LogP contribution in [0.1, 0.15) is 5.56 Å². The zero-order valence-electron chi connectivity index (χ0n) is 11.3. The molecule has 0 heterocycles. The van der Waals surface area contributed by atoms with Crippen molar-refractivity contribution in [1.82, 2.24) is 0 Å². The highest BCUT2D eigenvalue weighted by Gasteiger charge is 2.03. The van der Waals surface area contributed by atoms with Crippen LogP contribution in [0.25, 0.3) is 0 Å². The number of methoxy groups -OCH3 is 2. The average molecular weight is 256 g/mol. The zero-order valence-corrected chi connectivity index (χ0v) is 11.3. The molecular weight excluding hydrogens is 240 g/mol. The molecule has 4 nitrogen and oxygen atoms in total. The number of aryl methyl sites for hydroxylation is 1. The quantitative estimate of drug-likeness (QED) is 0.759. The Morgan fingerprint density at radius 1 is 0.842 bits per heavy atom. The Balaban J connectivity index is 2.25. The van der Waals surface area contributed by atoms with Crippen molar-refractivity contribution in [1.29, 1.82) is 0 Å². The van der Waals surface area contributed by atoms with Gasteiger partial charge in [0.25, 0.3) is 0 Å². The molecule has 0 N–H and O–H groups in total. The molecule has 0 spiro atoms. The Hall–Kier alpha value is -2.36. The monoisotopic (exact) mass is 256 g/mol. The molecule has 2 aromatic rings. The standard InChI is InChI=1S/C15H16N2O2/c1-11-4-6-12(7-5-11)16-17-14-9-8-13(18-2)10-15(14)19-3/h4-10H,1-3H3. The summed E-state index contributed by atoms with van der Waals surface area (Å²) >= 11 is 0.